The summed E-state index contributed by atoms with van der Waals surface area (Å²) in [5, 5.41) is 9.49. The maximum Gasteiger partial charge on any atom is 0.326 e. The zero-order valence-corrected chi connectivity index (χ0v) is 17.0. The number of thioether (sulfide) groups is 2. The Balaban J connectivity index is 2.36. The highest BCUT2D eigenvalue weighted by Crippen LogP contribution is 2.38. The molecule has 26 heavy (non-hydrogen) atoms. The van der Waals surface area contributed by atoms with E-state index >= 15 is 0 Å². The molecular formula is C17H19NO5S3. The second-order valence-corrected chi connectivity index (χ2v) is 7.93. The summed E-state index contributed by atoms with van der Waals surface area (Å²) in [5.41, 5.74) is 0.656. The molecule has 0 spiro atoms. The fourth-order valence-electron chi connectivity index (χ4n) is 2.51. The van der Waals surface area contributed by atoms with Crippen LogP contribution in [0.2, 0.25) is 0 Å². The largest absolute Gasteiger partial charge is 0.493 e. The molecule has 1 aliphatic heterocycles. The molecule has 1 amide bonds. The molecule has 1 aromatic rings. The predicted molar refractivity (Wildman–Crippen MR) is 109 cm³/mol. The van der Waals surface area contributed by atoms with Gasteiger partial charge in [0.25, 0.3) is 5.91 Å². The lowest BCUT2D eigenvalue weighted by atomic mass is 10.1. The van der Waals surface area contributed by atoms with Crippen LogP contribution < -0.4 is 9.47 Å². The van der Waals surface area contributed by atoms with E-state index in [1.807, 2.05) is 6.26 Å². The smallest absolute Gasteiger partial charge is 0.326 e. The van der Waals surface area contributed by atoms with E-state index in [1.165, 1.54) is 30.9 Å². The molecule has 9 heteroatoms. The van der Waals surface area contributed by atoms with Gasteiger partial charge in [0, 0.05) is 5.56 Å². The number of rotatable bonds is 8. The van der Waals surface area contributed by atoms with Gasteiger partial charge in [0.2, 0.25) is 0 Å². The van der Waals surface area contributed by atoms with Gasteiger partial charge in [-0.25, -0.2) is 4.79 Å². The van der Waals surface area contributed by atoms with Crippen LogP contribution in [0.4, 0.5) is 0 Å². The van der Waals surface area contributed by atoms with Crippen molar-refractivity contribution in [2.24, 2.45) is 0 Å². The van der Waals surface area contributed by atoms with E-state index in [-0.39, 0.29) is 4.32 Å². The Bertz CT molecular complexity index is 750. The summed E-state index contributed by atoms with van der Waals surface area (Å²) in [7, 11) is 3.05. The van der Waals surface area contributed by atoms with Gasteiger partial charge in [-0.15, -0.1) is 0 Å². The van der Waals surface area contributed by atoms with Crippen LogP contribution in [0.1, 0.15) is 12.0 Å². The second-order valence-electron chi connectivity index (χ2n) is 5.27. The number of aliphatic carboxylic acids is 1. The molecule has 0 aliphatic carbocycles. The quantitative estimate of drug-likeness (QED) is 0.515. The van der Waals surface area contributed by atoms with Crippen LogP contribution in [0, 0.1) is 0 Å². The van der Waals surface area contributed by atoms with Gasteiger partial charge in [-0.1, -0.05) is 36.1 Å². The maximum atomic E-state index is 12.8. The van der Waals surface area contributed by atoms with Crippen LogP contribution in [0.3, 0.4) is 0 Å². The summed E-state index contributed by atoms with van der Waals surface area (Å²) >= 11 is 7.88. The fraction of sp³-hybridized carbons (Fsp3) is 0.353. The zero-order chi connectivity index (χ0) is 19.3. The van der Waals surface area contributed by atoms with Crippen molar-refractivity contribution in [1.82, 2.24) is 4.90 Å². The number of carbonyl (C=O) groups excluding carboxylic acids is 1. The number of hydrogen-bond acceptors (Lipinski definition) is 7. The molecule has 1 N–H and O–H groups in total. The third kappa shape index (κ3) is 4.33. The Morgan fingerprint density at radius 1 is 1.42 bits per heavy atom. The van der Waals surface area contributed by atoms with E-state index in [0.29, 0.717) is 34.1 Å². The molecule has 140 valence electrons. The van der Waals surface area contributed by atoms with Crippen LogP contribution >= 0.6 is 35.7 Å². The third-order valence-electron chi connectivity index (χ3n) is 3.74. The number of carboxylic acid groups (broad SMARTS) is 1. The van der Waals surface area contributed by atoms with Gasteiger partial charge >= 0.3 is 5.97 Å². The molecule has 0 aromatic heterocycles. The number of carbonyl (C=O) groups is 2. The topological polar surface area (TPSA) is 76.1 Å². The van der Waals surface area contributed by atoms with Crippen molar-refractivity contribution in [2.75, 3.05) is 26.2 Å². The van der Waals surface area contributed by atoms with E-state index in [9.17, 15) is 14.7 Å². The number of nitrogens with zero attached hydrogens (tertiary/aromatic N) is 1. The highest BCUT2D eigenvalue weighted by molar-refractivity contribution is 8.26. The summed E-state index contributed by atoms with van der Waals surface area (Å²) in [6.07, 6.45) is 3.87. The number of methoxy groups -OCH3 is 2. The molecule has 1 aliphatic rings. The Morgan fingerprint density at radius 2 is 2.15 bits per heavy atom. The number of hydrogen-bond donors (Lipinski definition) is 1. The van der Waals surface area contributed by atoms with Gasteiger partial charge in [0.1, 0.15) is 10.4 Å². The lowest BCUT2D eigenvalue weighted by molar-refractivity contribution is -0.145. The number of carboxylic acids is 1. The van der Waals surface area contributed by atoms with E-state index in [4.69, 9.17) is 21.7 Å². The molecule has 2 rings (SSSR count). The van der Waals surface area contributed by atoms with Crippen LogP contribution in [0.15, 0.2) is 23.1 Å². The van der Waals surface area contributed by atoms with Crippen molar-refractivity contribution in [3.8, 4) is 11.5 Å². The first kappa shape index (κ1) is 20.6. The monoisotopic (exact) mass is 413 g/mol. The van der Waals surface area contributed by atoms with Crippen LogP contribution in [0.5, 0.6) is 11.5 Å². The van der Waals surface area contributed by atoms with Crippen molar-refractivity contribution in [3.05, 3.63) is 28.7 Å². The summed E-state index contributed by atoms with van der Waals surface area (Å²) in [5.74, 6) is 0.197. The molecule has 0 radical (unpaired) electrons. The Kier molecular flexibility index (Phi) is 7.36. The van der Waals surface area contributed by atoms with Gasteiger partial charge in [-0.2, -0.15) is 11.8 Å². The van der Waals surface area contributed by atoms with E-state index in [1.54, 1.807) is 24.3 Å². The van der Waals surface area contributed by atoms with Crippen molar-refractivity contribution in [1.29, 1.82) is 0 Å². The average molecular weight is 414 g/mol. The zero-order valence-electron chi connectivity index (χ0n) is 14.6. The Morgan fingerprint density at radius 3 is 2.73 bits per heavy atom. The number of thiocarbonyl (C=S) groups is 1. The van der Waals surface area contributed by atoms with Gasteiger partial charge in [-0.3, -0.25) is 9.69 Å². The molecular weight excluding hydrogens is 394 g/mol. The molecule has 6 nitrogen and oxygen atoms in total. The Labute approximate surface area is 165 Å². The first-order valence-corrected chi connectivity index (χ1v) is 10.3. The second kappa shape index (κ2) is 9.29. The number of benzene rings is 1. The fourth-order valence-corrected chi connectivity index (χ4v) is 4.31. The number of amides is 1. The van der Waals surface area contributed by atoms with Crippen molar-refractivity contribution in [3.63, 3.8) is 0 Å². The lowest BCUT2D eigenvalue weighted by Crippen LogP contribution is -2.44. The van der Waals surface area contributed by atoms with Crippen molar-refractivity contribution in [2.45, 2.75) is 12.5 Å². The standard InChI is InChI=1S/C17H19NO5S3/c1-22-12-6-4-5-10(14(12)23-2)9-13-15(19)18(17(24)26-13)11(16(20)21)7-8-25-3/h4-6,9,11H,7-8H2,1-3H3,(H,20,21)/b13-9-. The predicted octanol–water partition coefficient (Wildman–Crippen LogP) is 3.11. The van der Waals surface area contributed by atoms with Gasteiger partial charge in [0.05, 0.1) is 19.1 Å². The van der Waals surface area contributed by atoms with Crippen molar-refractivity contribution >= 4 is 58.0 Å². The summed E-state index contributed by atoms with van der Waals surface area (Å²) in [4.78, 5) is 25.9. The molecule has 1 heterocycles. The molecule has 1 aromatic carbocycles. The summed E-state index contributed by atoms with van der Waals surface area (Å²) in [6.45, 7) is 0. The highest BCUT2D eigenvalue weighted by atomic mass is 32.2. The first-order valence-electron chi connectivity index (χ1n) is 7.64. The van der Waals surface area contributed by atoms with E-state index in [0.717, 1.165) is 11.8 Å². The third-order valence-corrected chi connectivity index (χ3v) is 5.71. The summed E-state index contributed by atoms with van der Waals surface area (Å²) in [6, 6.07) is 4.36. The minimum Gasteiger partial charge on any atom is -0.493 e. The SMILES string of the molecule is COc1cccc(/C=C2\SC(=S)N(C(CCSC)C(=O)O)C2=O)c1OC. The first-order chi connectivity index (χ1) is 12.4. The number of para-hydroxylation sites is 1. The average Bonchev–Trinajstić information content (AvgIpc) is 2.89. The van der Waals surface area contributed by atoms with E-state index < -0.39 is 17.9 Å². The molecule has 1 unspecified atom stereocenters. The molecule has 1 atom stereocenters. The highest BCUT2D eigenvalue weighted by Gasteiger charge is 2.40. The minimum absolute atomic E-state index is 0.247. The van der Waals surface area contributed by atoms with Crippen molar-refractivity contribution < 1.29 is 24.2 Å². The lowest BCUT2D eigenvalue weighted by Gasteiger charge is -2.22. The van der Waals surface area contributed by atoms with Gasteiger partial charge < -0.3 is 14.6 Å². The summed E-state index contributed by atoms with van der Waals surface area (Å²) < 4.78 is 10.9. The Hall–Kier alpha value is -1.71. The van der Waals surface area contributed by atoms with Crippen LogP contribution in [0.25, 0.3) is 6.08 Å². The minimum atomic E-state index is -1.06. The molecule has 1 fully saturated rings. The van der Waals surface area contributed by atoms with Crippen LogP contribution in [-0.4, -0.2) is 58.5 Å². The maximum absolute atomic E-state index is 12.8. The molecule has 1 saturated heterocycles. The number of ether oxygens (including phenoxy) is 2. The van der Waals surface area contributed by atoms with E-state index in [2.05, 4.69) is 0 Å². The molecule has 0 saturated carbocycles. The van der Waals surface area contributed by atoms with Gasteiger partial charge in [0.15, 0.2) is 11.5 Å². The normalized spacial score (nSPS) is 16.9. The van der Waals surface area contributed by atoms with Crippen LogP contribution in [-0.2, 0) is 9.59 Å². The molecule has 0 bridgehead atoms. The van der Waals surface area contributed by atoms with Gasteiger partial charge in [-0.05, 0) is 30.6 Å².